The van der Waals surface area contributed by atoms with Crippen molar-refractivity contribution in [2.24, 2.45) is 5.92 Å². The number of benzene rings is 2. The van der Waals surface area contributed by atoms with Gasteiger partial charge in [0.25, 0.3) is 0 Å². The van der Waals surface area contributed by atoms with Gasteiger partial charge in [-0.25, -0.2) is 4.79 Å². The molecular formula is C31H42N2O3. The summed E-state index contributed by atoms with van der Waals surface area (Å²) in [6.45, 7) is 2.36. The third kappa shape index (κ3) is 7.92. The normalized spacial score (nSPS) is 20.3. The number of piperidine rings is 2. The van der Waals surface area contributed by atoms with Crippen LogP contribution in [0.1, 0.15) is 68.9 Å². The molecule has 36 heavy (non-hydrogen) atoms. The van der Waals surface area contributed by atoms with Crippen molar-refractivity contribution >= 4 is 11.9 Å². The van der Waals surface area contributed by atoms with Gasteiger partial charge in [-0.2, -0.15) is 0 Å². The number of hydrogen-bond acceptors (Lipinski definition) is 4. The molecule has 2 aromatic rings. The monoisotopic (exact) mass is 490 g/mol. The first-order valence-corrected chi connectivity index (χ1v) is 14.0. The van der Waals surface area contributed by atoms with Crippen LogP contribution in [0, 0.1) is 5.92 Å². The molecule has 1 amide bonds. The zero-order valence-corrected chi connectivity index (χ0v) is 21.6. The fourth-order valence-electron chi connectivity index (χ4n) is 5.60. The number of rotatable bonds is 11. The van der Waals surface area contributed by atoms with E-state index in [4.69, 9.17) is 4.74 Å². The second-order valence-electron chi connectivity index (χ2n) is 10.4. The molecule has 0 bridgehead atoms. The third-order valence-electron chi connectivity index (χ3n) is 7.66. The number of ether oxygens (including phenoxy) is 1. The molecule has 4 rings (SSSR count). The minimum Gasteiger partial charge on any atom is -0.461 e. The van der Waals surface area contributed by atoms with E-state index in [2.05, 4.69) is 53.8 Å². The first kappa shape index (κ1) is 26.4. The predicted octanol–water partition coefficient (Wildman–Crippen LogP) is 5.32. The van der Waals surface area contributed by atoms with Crippen LogP contribution < -0.4 is 5.32 Å². The van der Waals surface area contributed by atoms with Gasteiger partial charge >= 0.3 is 5.97 Å². The lowest BCUT2D eigenvalue weighted by Crippen LogP contribution is -2.53. The van der Waals surface area contributed by atoms with Crippen molar-refractivity contribution in [3.05, 3.63) is 71.8 Å². The second-order valence-corrected chi connectivity index (χ2v) is 10.4. The van der Waals surface area contributed by atoms with Crippen molar-refractivity contribution in [3.8, 4) is 0 Å². The SMILES string of the molecule is O=C(OC(CCCc1ccccc1)CCCc1ccccc1)C1CCCCN1C(=O)C1CCCNC1. The number of nitrogens with zero attached hydrogens (tertiary/aromatic N) is 1. The largest absolute Gasteiger partial charge is 0.461 e. The molecule has 2 aliphatic heterocycles. The first-order chi connectivity index (χ1) is 17.7. The Morgan fingerprint density at radius 2 is 1.50 bits per heavy atom. The van der Waals surface area contributed by atoms with Crippen LogP contribution in [-0.4, -0.2) is 48.6 Å². The Balaban J connectivity index is 1.35. The number of nitrogens with one attached hydrogen (secondary N) is 1. The molecule has 2 atom stereocenters. The molecule has 0 saturated carbocycles. The molecule has 2 saturated heterocycles. The minimum absolute atomic E-state index is 0.0142. The van der Waals surface area contributed by atoms with E-state index in [0.29, 0.717) is 13.0 Å². The second kappa shape index (κ2) is 14.2. The van der Waals surface area contributed by atoms with Gasteiger partial charge in [0.2, 0.25) is 5.91 Å². The highest BCUT2D eigenvalue weighted by atomic mass is 16.5. The topological polar surface area (TPSA) is 58.6 Å². The number of carbonyl (C=O) groups excluding carboxylic acids is 2. The molecule has 0 aromatic heterocycles. The van der Waals surface area contributed by atoms with Crippen molar-refractivity contribution in [1.29, 1.82) is 0 Å². The molecule has 0 aliphatic carbocycles. The number of esters is 1. The van der Waals surface area contributed by atoms with E-state index in [1.807, 2.05) is 17.0 Å². The summed E-state index contributed by atoms with van der Waals surface area (Å²) in [4.78, 5) is 28.6. The summed E-state index contributed by atoms with van der Waals surface area (Å²) in [5, 5.41) is 3.34. The smallest absolute Gasteiger partial charge is 0.329 e. The van der Waals surface area contributed by atoms with Gasteiger partial charge < -0.3 is 15.0 Å². The highest BCUT2D eigenvalue weighted by Gasteiger charge is 2.37. The van der Waals surface area contributed by atoms with Gasteiger partial charge in [0.1, 0.15) is 12.1 Å². The summed E-state index contributed by atoms with van der Waals surface area (Å²) >= 11 is 0. The van der Waals surface area contributed by atoms with Crippen molar-refractivity contribution in [3.63, 3.8) is 0 Å². The van der Waals surface area contributed by atoms with Crippen molar-refractivity contribution in [1.82, 2.24) is 10.2 Å². The van der Waals surface area contributed by atoms with Crippen molar-refractivity contribution < 1.29 is 14.3 Å². The molecule has 1 N–H and O–H groups in total. The van der Waals surface area contributed by atoms with Crippen LogP contribution in [0.4, 0.5) is 0 Å². The Hall–Kier alpha value is -2.66. The molecule has 5 heteroatoms. The number of amides is 1. The van der Waals surface area contributed by atoms with E-state index in [1.54, 1.807) is 0 Å². The molecule has 5 nitrogen and oxygen atoms in total. The Labute approximate surface area is 216 Å². The maximum atomic E-state index is 13.4. The van der Waals surface area contributed by atoms with E-state index >= 15 is 0 Å². The molecule has 2 aromatic carbocycles. The van der Waals surface area contributed by atoms with Gasteiger partial charge in [-0.3, -0.25) is 4.79 Å². The Kier molecular flexibility index (Phi) is 10.4. The fraction of sp³-hybridized carbons (Fsp3) is 0.548. The van der Waals surface area contributed by atoms with Crippen LogP contribution in [0.3, 0.4) is 0 Å². The Bertz CT molecular complexity index is 882. The quantitative estimate of drug-likeness (QED) is 0.433. The van der Waals surface area contributed by atoms with Gasteiger partial charge in [0.15, 0.2) is 0 Å². The van der Waals surface area contributed by atoms with Crippen LogP contribution in [0.2, 0.25) is 0 Å². The number of likely N-dealkylation sites (tertiary alicyclic amines) is 1. The van der Waals surface area contributed by atoms with Gasteiger partial charge in [0.05, 0.1) is 5.92 Å². The van der Waals surface area contributed by atoms with E-state index in [9.17, 15) is 9.59 Å². The van der Waals surface area contributed by atoms with Crippen molar-refractivity contribution in [2.75, 3.05) is 19.6 Å². The van der Waals surface area contributed by atoms with Crippen LogP contribution >= 0.6 is 0 Å². The molecule has 2 fully saturated rings. The van der Waals surface area contributed by atoms with E-state index in [-0.39, 0.29) is 23.9 Å². The summed E-state index contributed by atoms with van der Waals surface area (Å²) in [6.07, 6.45) is 10.1. The first-order valence-electron chi connectivity index (χ1n) is 14.0. The van der Waals surface area contributed by atoms with Crippen LogP contribution in [0.25, 0.3) is 0 Å². The molecule has 2 unspecified atom stereocenters. The van der Waals surface area contributed by atoms with Crippen LogP contribution in [0.5, 0.6) is 0 Å². The molecule has 2 heterocycles. The average molecular weight is 491 g/mol. The van der Waals surface area contributed by atoms with Crippen LogP contribution in [-0.2, 0) is 27.2 Å². The lowest BCUT2D eigenvalue weighted by molar-refractivity contribution is -0.163. The highest BCUT2D eigenvalue weighted by molar-refractivity contribution is 5.86. The summed E-state index contributed by atoms with van der Waals surface area (Å²) in [6, 6.07) is 20.6. The lowest BCUT2D eigenvalue weighted by atomic mass is 9.94. The Morgan fingerprint density at radius 3 is 2.08 bits per heavy atom. The van der Waals surface area contributed by atoms with E-state index in [1.165, 1.54) is 11.1 Å². The minimum atomic E-state index is -0.432. The van der Waals surface area contributed by atoms with Gasteiger partial charge in [0, 0.05) is 13.1 Å². The summed E-state index contributed by atoms with van der Waals surface area (Å²) < 4.78 is 6.19. The standard InChI is InChI=1S/C31H42N2O3/c34-30(27-18-11-22-32-24-27)33-23-8-7-21-29(33)31(35)36-28(19-9-16-25-12-3-1-4-13-25)20-10-17-26-14-5-2-6-15-26/h1-6,12-15,27-29,32H,7-11,16-24H2. The maximum absolute atomic E-state index is 13.4. The molecular weight excluding hydrogens is 448 g/mol. The fourth-order valence-corrected chi connectivity index (χ4v) is 5.60. The van der Waals surface area contributed by atoms with E-state index < -0.39 is 6.04 Å². The number of carbonyl (C=O) groups is 2. The van der Waals surface area contributed by atoms with E-state index in [0.717, 1.165) is 77.3 Å². The number of aryl methyl sites for hydroxylation is 2. The summed E-state index contributed by atoms with van der Waals surface area (Å²) in [7, 11) is 0. The Morgan fingerprint density at radius 1 is 0.861 bits per heavy atom. The average Bonchev–Trinajstić information content (AvgIpc) is 2.94. The zero-order valence-electron chi connectivity index (χ0n) is 21.6. The predicted molar refractivity (Wildman–Crippen MR) is 144 cm³/mol. The molecule has 0 spiro atoms. The van der Waals surface area contributed by atoms with Crippen molar-refractivity contribution in [2.45, 2.75) is 82.8 Å². The maximum Gasteiger partial charge on any atom is 0.329 e. The molecule has 194 valence electrons. The molecule has 0 radical (unpaired) electrons. The molecule has 2 aliphatic rings. The zero-order chi connectivity index (χ0) is 25.0. The summed E-state index contributed by atoms with van der Waals surface area (Å²) in [5.74, 6) is -0.0792. The van der Waals surface area contributed by atoms with Gasteiger partial charge in [-0.15, -0.1) is 0 Å². The van der Waals surface area contributed by atoms with Gasteiger partial charge in [-0.1, -0.05) is 60.7 Å². The lowest BCUT2D eigenvalue weighted by Gasteiger charge is -2.38. The van der Waals surface area contributed by atoms with Crippen LogP contribution in [0.15, 0.2) is 60.7 Å². The summed E-state index contributed by atoms with van der Waals surface area (Å²) in [5.41, 5.74) is 2.63. The highest BCUT2D eigenvalue weighted by Crippen LogP contribution is 2.25. The van der Waals surface area contributed by atoms with Gasteiger partial charge in [-0.05, 0) is 88.3 Å². The third-order valence-corrected chi connectivity index (χ3v) is 7.66. The number of hydrogen-bond donors (Lipinski definition) is 1.